The van der Waals surface area contributed by atoms with Gasteiger partial charge in [-0.15, -0.1) is 0 Å². The van der Waals surface area contributed by atoms with Crippen LogP contribution in [0.5, 0.6) is 0 Å². The summed E-state index contributed by atoms with van der Waals surface area (Å²) in [5, 5.41) is 0. The van der Waals surface area contributed by atoms with Gasteiger partial charge in [0.05, 0.1) is 17.5 Å². The van der Waals surface area contributed by atoms with Crippen LogP contribution < -0.4 is 4.90 Å². The Bertz CT molecular complexity index is 668. The highest BCUT2D eigenvalue weighted by Crippen LogP contribution is 2.42. The number of benzene rings is 1. The summed E-state index contributed by atoms with van der Waals surface area (Å²) in [5.74, 6) is -0.725. The monoisotopic (exact) mass is 297 g/mol. The first-order valence-corrected chi connectivity index (χ1v) is 7.54. The third kappa shape index (κ3) is 2.19. The van der Waals surface area contributed by atoms with Crippen molar-refractivity contribution in [1.82, 2.24) is 0 Å². The number of amides is 2. The number of carbonyl (C=O) groups is 3. The Morgan fingerprint density at radius 3 is 1.82 bits per heavy atom. The van der Waals surface area contributed by atoms with Crippen molar-refractivity contribution in [2.24, 2.45) is 11.8 Å². The van der Waals surface area contributed by atoms with E-state index in [4.69, 9.17) is 0 Å². The van der Waals surface area contributed by atoms with Crippen LogP contribution in [0.1, 0.15) is 44.0 Å². The van der Waals surface area contributed by atoms with Crippen LogP contribution in [0.15, 0.2) is 35.4 Å². The minimum absolute atomic E-state index is 0.0326. The van der Waals surface area contributed by atoms with Crippen molar-refractivity contribution in [3.05, 3.63) is 41.0 Å². The molecule has 3 rings (SSSR count). The molecule has 1 fully saturated rings. The molecule has 1 aliphatic carbocycles. The lowest BCUT2D eigenvalue weighted by Crippen LogP contribution is -2.30. The molecule has 1 heterocycles. The van der Waals surface area contributed by atoms with Crippen molar-refractivity contribution in [1.29, 1.82) is 0 Å². The molecule has 0 spiro atoms. The molecular weight excluding hydrogens is 278 g/mol. The molecular formula is C18H19NO3. The molecule has 2 amide bonds. The standard InChI is InChI=1S/C18H19NO3/c1-10-8-15-16(9-11(10)2)18(22)19(17(15)21)14-6-4-13(5-7-14)12(3)20/h4-7,15-16H,8-9H2,1-3H3/t15-,16-/m0/s1. The van der Waals surface area contributed by atoms with Crippen molar-refractivity contribution < 1.29 is 14.4 Å². The third-order valence-corrected chi connectivity index (χ3v) is 4.87. The Kier molecular flexibility index (Phi) is 3.47. The number of hydrogen-bond acceptors (Lipinski definition) is 3. The lowest BCUT2D eigenvalue weighted by Gasteiger charge is -2.23. The van der Waals surface area contributed by atoms with Crippen LogP contribution in [0.3, 0.4) is 0 Å². The van der Waals surface area contributed by atoms with Gasteiger partial charge in [0.1, 0.15) is 0 Å². The van der Waals surface area contributed by atoms with Crippen molar-refractivity contribution in [3.8, 4) is 0 Å². The van der Waals surface area contributed by atoms with E-state index in [1.807, 2.05) is 13.8 Å². The molecule has 22 heavy (non-hydrogen) atoms. The van der Waals surface area contributed by atoms with Gasteiger partial charge >= 0.3 is 0 Å². The first-order chi connectivity index (χ1) is 10.4. The van der Waals surface area contributed by atoms with Crippen LogP contribution in [-0.2, 0) is 9.59 Å². The minimum atomic E-state index is -0.233. The van der Waals surface area contributed by atoms with Crippen molar-refractivity contribution in [2.75, 3.05) is 4.90 Å². The van der Waals surface area contributed by atoms with E-state index in [1.54, 1.807) is 24.3 Å². The number of anilines is 1. The molecule has 114 valence electrons. The van der Waals surface area contributed by atoms with E-state index in [0.29, 0.717) is 24.1 Å². The maximum Gasteiger partial charge on any atom is 0.238 e. The number of allylic oxidation sites excluding steroid dienone is 2. The van der Waals surface area contributed by atoms with Gasteiger partial charge in [-0.3, -0.25) is 19.3 Å². The Morgan fingerprint density at radius 1 is 0.955 bits per heavy atom. The lowest BCUT2D eigenvalue weighted by atomic mass is 9.78. The predicted octanol–water partition coefficient (Wildman–Crippen LogP) is 3.13. The number of ketones is 1. The molecule has 1 saturated heterocycles. The second-order valence-electron chi connectivity index (χ2n) is 6.30. The Hall–Kier alpha value is -2.23. The van der Waals surface area contributed by atoms with E-state index >= 15 is 0 Å². The number of Topliss-reactive ketones (excluding diaryl/α,β-unsaturated/α-hetero) is 1. The van der Waals surface area contributed by atoms with Gasteiger partial charge < -0.3 is 0 Å². The first kappa shape index (κ1) is 14.7. The molecule has 2 aliphatic rings. The molecule has 4 nitrogen and oxygen atoms in total. The Morgan fingerprint density at radius 2 is 1.41 bits per heavy atom. The number of fused-ring (bicyclic) bond motifs is 1. The molecule has 0 unspecified atom stereocenters. The van der Waals surface area contributed by atoms with Crippen LogP contribution in [-0.4, -0.2) is 17.6 Å². The summed E-state index contributed by atoms with van der Waals surface area (Å²) in [6.07, 6.45) is 1.34. The average Bonchev–Trinajstić information content (AvgIpc) is 2.72. The van der Waals surface area contributed by atoms with E-state index in [0.717, 1.165) is 0 Å². The summed E-state index contributed by atoms with van der Waals surface area (Å²) >= 11 is 0. The van der Waals surface area contributed by atoms with E-state index in [-0.39, 0.29) is 29.4 Å². The molecule has 4 heteroatoms. The SMILES string of the molecule is CC(=O)c1ccc(N2C(=O)[C@H]3CC(C)=C(C)C[C@@H]3C2=O)cc1. The summed E-state index contributed by atoms with van der Waals surface area (Å²) in [6, 6.07) is 6.68. The van der Waals surface area contributed by atoms with Gasteiger partial charge in [0, 0.05) is 5.56 Å². The maximum atomic E-state index is 12.6. The van der Waals surface area contributed by atoms with Crippen LogP contribution in [0.2, 0.25) is 0 Å². The van der Waals surface area contributed by atoms with E-state index < -0.39 is 0 Å². The van der Waals surface area contributed by atoms with Crippen molar-refractivity contribution in [3.63, 3.8) is 0 Å². The first-order valence-electron chi connectivity index (χ1n) is 7.54. The molecule has 0 radical (unpaired) electrons. The van der Waals surface area contributed by atoms with Crippen LogP contribution in [0.4, 0.5) is 5.69 Å². The summed E-state index contributed by atoms with van der Waals surface area (Å²) in [4.78, 5) is 37.9. The highest BCUT2D eigenvalue weighted by molar-refractivity contribution is 6.22. The van der Waals surface area contributed by atoms with Gasteiger partial charge in [-0.1, -0.05) is 11.1 Å². The number of hydrogen-bond donors (Lipinski definition) is 0. The van der Waals surface area contributed by atoms with Gasteiger partial charge in [0.15, 0.2) is 5.78 Å². The lowest BCUT2D eigenvalue weighted by molar-refractivity contribution is -0.122. The van der Waals surface area contributed by atoms with Gasteiger partial charge in [0.2, 0.25) is 11.8 Å². The van der Waals surface area contributed by atoms with Crippen LogP contribution in [0, 0.1) is 11.8 Å². The quantitative estimate of drug-likeness (QED) is 0.479. The topological polar surface area (TPSA) is 54.5 Å². The predicted molar refractivity (Wildman–Crippen MR) is 83.5 cm³/mol. The summed E-state index contributed by atoms with van der Waals surface area (Å²) in [7, 11) is 0. The molecule has 0 N–H and O–H groups in total. The highest BCUT2D eigenvalue weighted by Gasteiger charge is 2.49. The summed E-state index contributed by atoms with van der Waals surface area (Å²) < 4.78 is 0. The molecule has 1 aliphatic heterocycles. The molecule has 0 aromatic heterocycles. The Labute approximate surface area is 129 Å². The van der Waals surface area contributed by atoms with Gasteiger partial charge in [0.25, 0.3) is 0 Å². The van der Waals surface area contributed by atoms with Gasteiger partial charge in [-0.2, -0.15) is 0 Å². The molecule has 1 aromatic carbocycles. The molecule has 0 bridgehead atoms. The fraction of sp³-hybridized carbons (Fsp3) is 0.389. The second-order valence-corrected chi connectivity index (χ2v) is 6.30. The highest BCUT2D eigenvalue weighted by atomic mass is 16.2. The fourth-order valence-electron chi connectivity index (χ4n) is 3.35. The number of rotatable bonds is 2. The summed E-state index contributed by atoms with van der Waals surface area (Å²) in [6.45, 7) is 5.56. The van der Waals surface area contributed by atoms with E-state index in [1.165, 1.54) is 23.0 Å². The fourth-order valence-corrected chi connectivity index (χ4v) is 3.35. The van der Waals surface area contributed by atoms with Crippen molar-refractivity contribution in [2.45, 2.75) is 33.6 Å². The smallest absolute Gasteiger partial charge is 0.238 e. The second kappa shape index (κ2) is 5.20. The largest absolute Gasteiger partial charge is 0.295 e. The van der Waals surface area contributed by atoms with Crippen LogP contribution in [0.25, 0.3) is 0 Å². The number of nitrogens with zero attached hydrogens (tertiary/aromatic N) is 1. The molecule has 2 atom stereocenters. The van der Waals surface area contributed by atoms with Gasteiger partial charge in [-0.05, 0) is 57.9 Å². The third-order valence-electron chi connectivity index (χ3n) is 4.87. The van der Waals surface area contributed by atoms with E-state index in [2.05, 4.69) is 0 Å². The molecule has 0 saturated carbocycles. The maximum absolute atomic E-state index is 12.6. The van der Waals surface area contributed by atoms with Crippen LogP contribution >= 0.6 is 0 Å². The zero-order valence-electron chi connectivity index (χ0n) is 13.1. The zero-order chi connectivity index (χ0) is 16.0. The van der Waals surface area contributed by atoms with Crippen molar-refractivity contribution >= 4 is 23.3 Å². The zero-order valence-corrected chi connectivity index (χ0v) is 13.1. The normalized spacial score (nSPS) is 24.8. The summed E-state index contributed by atoms with van der Waals surface area (Å²) in [5.41, 5.74) is 3.57. The molecule has 1 aromatic rings. The minimum Gasteiger partial charge on any atom is -0.295 e. The number of carbonyl (C=O) groups excluding carboxylic acids is 3. The van der Waals surface area contributed by atoms with Gasteiger partial charge in [-0.25, -0.2) is 0 Å². The number of imide groups is 1. The van der Waals surface area contributed by atoms with E-state index in [9.17, 15) is 14.4 Å². The average molecular weight is 297 g/mol. The Balaban J connectivity index is 1.92.